The minimum absolute atomic E-state index is 0.0813. The van der Waals surface area contributed by atoms with Crippen molar-refractivity contribution in [2.75, 3.05) is 54.1 Å². The Morgan fingerprint density at radius 2 is 0.866 bits per heavy atom. The quantitative estimate of drug-likeness (QED) is 0.0213. The van der Waals surface area contributed by atoms with Gasteiger partial charge in [0.1, 0.15) is 19.3 Å². The molecule has 2 atom stereocenters. The molecule has 0 aromatic heterocycles. The summed E-state index contributed by atoms with van der Waals surface area (Å²) in [6, 6.07) is 0. The minimum Gasteiger partial charge on any atom is -0.457 e. The predicted molar refractivity (Wildman–Crippen MR) is 288 cm³/mol. The van der Waals surface area contributed by atoms with E-state index in [4.69, 9.17) is 18.5 Å². The summed E-state index contributed by atoms with van der Waals surface area (Å²) in [5.41, 5.74) is 0. The van der Waals surface area contributed by atoms with Crippen LogP contribution in [0, 0.1) is 0 Å². The molecule has 0 aromatic carbocycles. The zero-order chi connectivity index (χ0) is 49.0. The number of nitrogens with zero attached hydrogens (tertiary/aromatic N) is 1. The molecule has 2 unspecified atom stereocenters. The van der Waals surface area contributed by atoms with Gasteiger partial charge in [0.15, 0.2) is 0 Å². The van der Waals surface area contributed by atoms with Gasteiger partial charge in [0.2, 0.25) is 0 Å². The number of phosphoric acid groups is 1. The number of likely N-dealkylation sites (N-methyl/N-ethyl adjacent to an activating group) is 1. The Kier molecular flexibility index (Phi) is 48.3. The molecule has 0 amide bonds. The van der Waals surface area contributed by atoms with Crippen molar-refractivity contribution in [1.82, 2.24) is 0 Å². The molecule has 8 nitrogen and oxygen atoms in total. The van der Waals surface area contributed by atoms with Crippen molar-refractivity contribution in [1.29, 1.82) is 0 Å². The Morgan fingerprint density at radius 1 is 0.478 bits per heavy atom. The van der Waals surface area contributed by atoms with Gasteiger partial charge in [0.05, 0.1) is 34.4 Å². The zero-order valence-corrected chi connectivity index (χ0v) is 45.0. The van der Waals surface area contributed by atoms with E-state index in [1.807, 2.05) is 21.1 Å². The van der Waals surface area contributed by atoms with Crippen LogP contribution in [0.15, 0.2) is 85.1 Å². The number of allylic oxidation sites excluding steroid dienone is 14. The van der Waals surface area contributed by atoms with Crippen LogP contribution in [0.25, 0.3) is 0 Å². The molecule has 0 aromatic rings. The number of ether oxygens (including phenoxy) is 2. The number of phosphoric ester groups is 1. The number of hydrogen-bond donors (Lipinski definition) is 1. The van der Waals surface area contributed by atoms with Gasteiger partial charge in [-0.05, 0) is 89.9 Å². The summed E-state index contributed by atoms with van der Waals surface area (Å²) < 4.78 is 35.2. The van der Waals surface area contributed by atoms with E-state index in [-0.39, 0.29) is 25.8 Å². The first kappa shape index (κ1) is 64.7. The smallest absolute Gasteiger partial charge is 0.457 e. The Bertz CT molecular complexity index is 1340. The number of rotatable bonds is 50. The number of quaternary nitrogens is 1. The second-order valence-electron chi connectivity index (χ2n) is 19.2. The van der Waals surface area contributed by atoms with E-state index < -0.39 is 13.9 Å². The Balaban J connectivity index is 4.15. The maximum atomic E-state index is 12.8. The number of unbranched alkanes of at least 4 members (excludes halogenated alkanes) is 22. The summed E-state index contributed by atoms with van der Waals surface area (Å²) in [6.07, 6.45) is 67.8. The molecule has 0 aliphatic heterocycles. The molecular weight excluding hydrogens is 854 g/mol. The van der Waals surface area contributed by atoms with E-state index >= 15 is 0 Å². The molecule has 67 heavy (non-hydrogen) atoms. The first-order chi connectivity index (χ1) is 32.6. The molecule has 0 saturated heterocycles. The van der Waals surface area contributed by atoms with Crippen molar-refractivity contribution >= 4 is 13.8 Å². The largest absolute Gasteiger partial charge is 0.472 e. The van der Waals surface area contributed by atoms with Crippen LogP contribution in [-0.4, -0.2) is 75.6 Å². The van der Waals surface area contributed by atoms with Gasteiger partial charge in [0, 0.05) is 13.0 Å². The van der Waals surface area contributed by atoms with Crippen LogP contribution in [0.1, 0.15) is 219 Å². The fourth-order valence-corrected chi connectivity index (χ4v) is 8.00. The van der Waals surface area contributed by atoms with Gasteiger partial charge >= 0.3 is 13.8 Å². The van der Waals surface area contributed by atoms with Crippen LogP contribution in [0.2, 0.25) is 0 Å². The van der Waals surface area contributed by atoms with Crippen molar-refractivity contribution in [3.05, 3.63) is 85.1 Å². The molecule has 9 heteroatoms. The monoisotopic (exact) mass is 959 g/mol. The topological polar surface area (TPSA) is 91.3 Å². The van der Waals surface area contributed by atoms with E-state index in [9.17, 15) is 14.3 Å². The summed E-state index contributed by atoms with van der Waals surface area (Å²) in [7, 11) is 1.65. The lowest BCUT2D eigenvalue weighted by Gasteiger charge is -2.24. The van der Waals surface area contributed by atoms with E-state index in [2.05, 4.69) is 98.9 Å². The molecular formula is C58H105NO7P+. The van der Waals surface area contributed by atoms with Crippen molar-refractivity contribution in [2.24, 2.45) is 0 Å². The first-order valence-corrected chi connectivity index (χ1v) is 28.8. The Hall–Kier alpha value is -2.32. The highest BCUT2D eigenvalue weighted by Gasteiger charge is 2.26. The number of esters is 1. The van der Waals surface area contributed by atoms with Crippen LogP contribution < -0.4 is 0 Å². The van der Waals surface area contributed by atoms with Crippen LogP contribution in [0.4, 0.5) is 0 Å². The lowest BCUT2D eigenvalue weighted by Crippen LogP contribution is -2.37. The van der Waals surface area contributed by atoms with Gasteiger partial charge in [-0.2, -0.15) is 0 Å². The van der Waals surface area contributed by atoms with Crippen molar-refractivity contribution < 1.29 is 37.3 Å². The SMILES string of the molecule is CC/C=C\C/C=C\C/C=C\C/C=C\CCCCCCCCCCCCCOCC(COP(=O)(O)OCC[N+](C)(C)C)OC(=O)CCCCCCCC/C=C\C/C=C\C/C=C\CCCCCCC. The van der Waals surface area contributed by atoms with Crippen molar-refractivity contribution in [3.8, 4) is 0 Å². The highest BCUT2D eigenvalue weighted by molar-refractivity contribution is 7.47. The Labute approximate surface area is 414 Å². The number of carbonyl (C=O) groups is 1. The van der Waals surface area contributed by atoms with Crippen LogP contribution in [0.5, 0.6) is 0 Å². The summed E-state index contributed by atoms with van der Waals surface area (Å²) in [5, 5.41) is 0. The van der Waals surface area contributed by atoms with Gasteiger partial charge in [-0.1, -0.05) is 208 Å². The van der Waals surface area contributed by atoms with E-state index in [1.54, 1.807) is 0 Å². The highest BCUT2D eigenvalue weighted by Crippen LogP contribution is 2.43. The van der Waals surface area contributed by atoms with Gasteiger partial charge in [-0.3, -0.25) is 13.8 Å². The van der Waals surface area contributed by atoms with Crippen molar-refractivity contribution in [2.45, 2.75) is 225 Å². The van der Waals surface area contributed by atoms with Gasteiger partial charge in [0.25, 0.3) is 0 Å². The molecule has 0 fully saturated rings. The average molecular weight is 959 g/mol. The Morgan fingerprint density at radius 3 is 1.30 bits per heavy atom. The van der Waals surface area contributed by atoms with Gasteiger partial charge in [-0.15, -0.1) is 0 Å². The fourth-order valence-electron chi connectivity index (χ4n) is 7.26. The van der Waals surface area contributed by atoms with E-state index in [0.717, 1.165) is 83.5 Å². The van der Waals surface area contributed by atoms with Crippen LogP contribution in [0.3, 0.4) is 0 Å². The third kappa shape index (κ3) is 54.5. The lowest BCUT2D eigenvalue weighted by atomic mass is 10.1. The highest BCUT2D eigenvalue weighted by atomic mass is 31.2. The molecule has 0 aliphatic rings. The second-order valence-corrected chi connectivity index (χ2v) is 20.7. The fraction of sp³-hybridized carbons (Fsp3) is 0.741. The number of hydrogen-bond acceptors (Lipinski definition) is 6. The molecule has 1 N–H and O–H groups in total. The maximum absolute atomic E-state index is 12.8. The standard InChI is InChI=1S/C58H104NO7P/c1-6-8-10-12-14-16-18-20-22-24-26-28-29-30-32-34-36-38-40-42-44-46-48-50-53-63-55-57(56-65-67(61,62)64-54-52-59(3,4)5)66-58(60)51-49-47-45-43-41-39-37-35-33-31-27-25-23-21-19-17-15-13-11-9-7-2/h8,10,14,16,19-22,25-28,33,35,57H,6-7,9,11-13,15,17-18,23-24,29-32,34,36-56H2,1-5H3/p+1/b10-8-,16-14-,21-19-,22-20-,27-25-,28-26-,35-33-. The molecule has 0 bridgehead atoms. The van der Waals surface area contributed by atoms with Crippen LogP contribution in [-0.2, 0) is 27.9 Å². The van der Waals surface area contributed by atoms with Crippen LogP contribution >= 0.6 is 7.82 Å². The summed E-state index contributed by atoms with van der Waals surface area (Å²) in [6.45, 7) is 5.48. The summed E-state index contributed by atoms with van der Waals surface area (Å²) in [5.74, 6) is -0.328. The third-order valence-electron chi connectivity index (χ3n) is 11.4. The molecule has 0 heterocycles. The predicted octanol–water partition coefficient (Wildman–Crippen LogP) is 17.2. The number of carbonyl (C=O) groups excluding carboxylic acids is 1. The summed E-state index contributed by atoms with van der Waals surface area (Å²) >= 11 is 0. The molecule has 0 rings (SSSR count). The van der Waals surface area contributed by atoms with E-state index in [1.165, 1.54) is 116 Å². The normalized spacial score (nSPS) is 14.2. The molecule has 388 valence electrons. The van der Waals surface area contributed by atoms with E-state index in [0.29, 0.717) is 24.1 Å². The first-order valence-electron chi connectivity index (χ1n) is 27.3. The molecule has 0 aliphatic carbocycles. The third-order valence-corrected chi connectivity index (χ3v) is 12.4. The van der Waals surface area contributed by atoms with Gasteiger partial charge in [-0.25, -0.2) is 4.57 Å². The lowest BCUT2D eigenvalue weighted by molar-refractivity contribution is -0.870. The summed E-state index contributed by atoms with van der Waals surface area (Å²) in [4.78, 5) is 23.0. The molecule has 0 radical (unpaired) electrons. The minimum atomic E-state index is -4.29. The average Bonchev–Trinajstić information content (AvgIpc) is 3.29. The maximum Gasteiger partial charge on any atom is 0.472 e. The second kappa shape index (κ2) is 50.1. The molecule has 0 spiro atoms. The molecule has 0 saturated carbocycles. The zero-order valence-electron chi connectivity index (χ0n) is 44.1. The van der Waals surface area contributed by atoms with Gasteiger partial charge < -0.3 is 18.9 Å². The van der Waals surface area contributed by atoms with Crippen molar-refractivity contribution in [3.63, 3.8) is 0 Å².